The molecule has 0 bridgehead atoms. The Morgan fingerprint density at radius 1 is 1.42 bits per heavy atom. The van der Waals surface area contributed by atoms with E-state index in [9.17, 15) is 9.59 Å². The van der Waals surface area contributed by atoms with Gasteiger partial charge in [0.2, 0.25) is 10.9 Å². The molecule has 2 aromatic rings. The molecule has 9 nitrogen and oxygen atoms in total. The van der Waals surface area contributed by atoms with E-state index in [2.05, 4.69) is 25.3 Å². The minimum absolute atomic E-state index is 0.0171. The summed E-state index contributed by atoms with van der Waals surface area (Å²) in [6, 6.07) is 6.29. The quantitative estimate of drug-likeness (QED) is 0.275. The van der Waals surface area contributed by atoms with Gasteiger partial charge in [0.05, 0.1) is 35.4 Å². The number of carbonyl (C=O) groups is 2. The molecule has 2 aliphatic rings. The van der Waals surface area contributed by atoms with Crippen LogP contribution >= 0.6 is 39.6 Å². The fraction of sp³-hybridized carbons (Fsp3) is 0.105. The van der Waals surface area contributed by atoms with Gasteiger partial charge in [0.25, 0.3) is 5.91 Å². The zero-order chi connectivity index (χ0) is 22.1. The second-order valence-electron chi connectivity index (χ2n) is 6.01. The van der Waals surface area contributed by atoms with Crippen molar-refractivity contribution in [1.82, 2.24) is 4.90 Å². The van der Waals surface area contributed by atoms with Gasteiger partial charge >= 0.3 is 5.97 Å². The topological polar surface area (TPSA) is 118 Å². The highest BCUT2D eigenvalue weighted by Crippen LogP contribution is 2.38. The third-order valence-corrected chi connectivity index (χ3v) is 6.20. The summed E-state index contributed by atoms with van der Waals surface area (Å²) in [5, 5.41) is 9.41. The minimum Gasteiger partial charge on any atom is -0.493 e. The lowest BCUT2D eigenvalue weighted by Crippen LogP contribution is -2.41. The number of methoxy groups -OCH3 is 1. The predicted molar refractivity (Wildman–Crippen MR) is 123 cm³/mol. The summed E-state index contributed by atoms with van der Waals surface area (Å²) in [5.74, 6) is -0.782. The maximum atomic E-state index is 12.5. The molecule has 31 heavy (non-hydrogen) atoms. The number of rotatable bonds is 4. The standard InChI is InChI=1S/C19H13BrN4O5S2/c1-27-13-8-9(7-11(20)14(13)29-17(26)12-4-3-5-28-12)6-10-15(21)24-18(22-16(10)25)31-23-19(24)30-2/h3-8,21H,1-2H3/b10-6-,21-15?. The normalized spacial score (nSPS) is 16.9. The lowest BCUT2D eigenvalue weighted by molar-refractivity contribution is -0.114. The number of amides is 1. The Morgan fingerprint density at radius 3 is 2.90 bits per heavy atom. The maximum Gasteiger partial charge on any atom is 0.379 e. The van der Waals surface area contributed by atoms with Gasteiger partial charge in [0, 0.05) is 0 Å². The summed E-state index contributed by atoms with van der Waals surface area (Å²) < 4.78 is 20.4. The number of furan rings is 1. The van der Waals surface area contributed by atoms with Gasteiger partial charge in [-0.1, -0.05) is 11.8 Å². The fourth-order valence-corrected chi connectivity index (χ4v) is 4.75. The van der Waals surface area contributed by atoms with E-state index in [1.165, 1.54) is 42.2 Å². The van der Waals surface area contributed by atoms with Gasteiger partial charge in [-0.2, -0.15) is 9.39 Å². The van der Waals surface area contributed by atoms with Crippen molar-refractivity contribution < 1.29 is 23.5 Å². The van der Waals surface area contributed by atoms with Crippen LogP contribution in [0.4, 0.5) is 0 Å². The number of thioether (sulfide) groups is 1. The molecular weight excluding hydrogens is 508 g/mol. The second-order valence-corrected chi connectivity index (χ2v) is 8.37. The van der Waals surface area contributed by atoms with Crippen LogP contribution in [0.2, 0.25) is 0 Å². The highest BCUT2D eigenvalue weighted by Gasteiger charge is 2.37. The van der Waals surface area contributed by atoms with E-state index < -0.39 is 11.9 Å². The van der Waals surface area contributed by atoms with Crippen LogP contribution in [-0.4, -0.2) is 46.3 Å². The Morgan fingerprint density at radius 2 is 2.23 bits per heavy atom. The third kappa shape index (κ3) is 4.05. The van der Waals surface area contributed by atoms with Crippen molar-refractivity contribution in [3.05, 3.63) is 51.9 Å². The first kappa shape index (κ1) is 21.4. The summed E-state index contributed by atoms with van der Waals surface area (Å²) in [6.07, 6.45) is 4.73. The number of ether oxygens (including phenoxy) is 2. The van der Waals surface area contributed by atoms with Crippen LogP contribution in [0.3, 0.4) is 0 Å². The Balaban J connectivity index is 1.67. The van der Waals surface area contributed by atoms with Crippen LogP contribution in [0.15, 0.2) is 54.4 Å². The number of aliphatic imine (C=N–C) groups is 1. The molecule has 2 aliphatic heterocycles. The molecule has 12 heteroatoms. The number of hydrogen-bond donors (Lipinski definition) is 1. The van der Waals surface area contributed by atoms with Crippen LogP contribution in [0.1, 0.15) is 16.1 Å². The molecule has 158 valence electrons. The zero-order valence-electron chi connectivity index (χ0n) is 16.0. The molecule has 1 aromatic heterocycles. The van der Waals surface area contributed by atoms with Crippen LogP contribution in [0, 0.1) is 5.41 Å². The maximum absolute atomic E-state index is 12.5. The van der Waals surface area contributed by atoms with Crippen molar-refractivity contribution >= 4 is 73.8 Å². The van der Waals surface area contributed by atoms with Crippen molar-refractivity contribution in [1.29, 1.82) is 5.41 Å². The summed E-state index contributed by atoms with van der Waals surface area (Å²) in [7, 11) is 1.43. The Hall–Kier alpha value is -2.83. The molecular formula is C19H13BrN4O5S2. The Labute approximate surface area is 193 Å². The highest BCUT2D eigenvalue weighted by atomic mass is 79.9. The largest absolute Gasteiger partial charge is 0.493 e. The zero-order valence-corrected chi connectivity index (χ0v) is 19.3. The first-order valence-corrected chi connectivity index (χ1v) is 11.4. The molecule has 0 radical (unpaired) electrons. The van der Waals surface area contributed by atoms with Gasteiger partial charge in [-0.05, 0) is 58.1 Å². The number of amidine groups is 3. The van der Waals surface area contributed by atoms with E-state index in [-0.39, 0.29) is 28.7 Å². The summed E-state index contributed by atoms with van der Waals surface area (Å²) in [4.78, 5) is 30.3. The molecule has 1 N–H and O–H groups in total. The van der Waals surface area contributed by atoms with Gasteiger partial charge in [0.15, 0.2) is 16.7 Å². The molecule has 0 saturated carbocycles. The number of halogens is 1. The van der Waals surface area contributed by atoms with Crippen LogP contribution < -0.4 is 9.47 Å². The van der Waals surface area contributed by atoms with Gasteiger partial charge in [-0.15, -0.1) is 0 Å². The predicted octanol–water partition coefficient (Wildman–Crippen LogP) is 4.21. The van der Waals surface area contributed by atoms with E-state index >= 15 is 0 Å². The van der Waals surface area contributed by atoms with E-state index in [0.29, 0.717) is 20.4 Å². The van der Waals surface area contributed by atoms with E-state index in [4.69, 9.17) is 19.3 Å². The number of nitrogens with zero attached hydrogens (tertiary/aromatic N) is 3. The summed E-state index contributed by atoms with van der Waals surface area (Å²) in [6.45, 7) is 0. The average molecular weight is 521 g/mol. The molecule has 4 rings (SSSR count). The Bertz CT molecular complexity index is 1190. The smallest absolute Gasteiger partial charge is 0.379 e. The first-order chi connectivity index (χ1) is 14.9. The minimum atomic E-state index is -0.684. The van der Waals surface area contributed by atoms with Crippen LogP contribution in [0.5, 0.6) is 11.5 Å². The third-order valence-electron chi connectivity index (χ3n) is 4.16. The fourth-order valence-electron chi connectivity index (χ4n) is 2.76. The van der Waals surface area contributed by atoms with Crippen molar-refractivity contribution in [3.63, 3.8) is 0 Å². The molecule has 0 unspecified atom stereocenters. The highest BCUT2D eigenvalue weighted by molar-refractivity contribution is 9.10. The summed E-state index contributed by atoms with van der Waals surface area (Å²) >= 11 is 5.79. The lowest BCUT2D eigenvalue weighted by atomic mass is 10.1. The Kier molecular flexibility index (Phi) is 6.03. The second kappa shape index (κ2) is 8.73. The number of nitrogens with one attached hydrogen (secondary N) is 1. The molecule has 0 atom stereocenters. The number of hydrogen-bond acceptors (Lipinski definition) is 9. The van der Waals surface area contributed by atoms with Crippen molar-refractivity contribution in [2.45, 2.75) is 0 Å². The molecule has 1 aromatic carbocycles. The number of fused-ring (bicyclic) bond motifs is 1. The van der Waals surface area contributed by atoms with Crippen LogP contribution in [0.25, 0.3) is 6.08 Å². The van der Waals surface area contributed by atoms with Crippen LogP contribution in [-0.2, 0) is 4.79 Å². The molecule has 1 amide bonds. The van der Waals surface area contributed by atoms with E-state index in [0.717, 1.165) is 11.9 Å². The SMILES string of the molecule is COc1cc(/C=C2/C(=N)N3C(SC)=NSC3=NC2=O)cc(Br)c1OC(=O)c1ccco1. The number of carbonyl (C=O) groups excluding carboxylic acids is 2. The lowest BCUT2D eigenvalue weighted by Gasteiger charge is -2.23. The van der Waals surface area contributed by atoms with Gasteiger partial charge in [-0.3, -0.25) is 10.2 Å². The molecule has 0 aliphatic carbocycles. The van der Waals surface area contributed by atoms with Crippen molar-refractivity contribution in [2.75, 3.05) is 13.4 Å². The number of benzene rings is 1. The summed E-state index contributed by atoms with van der Waals surface area (Å²) in [5.41, 5.74) is 0.644. The molecule has 0 spiro atoms. The molecule has 0 fully saturated rings. The van der Waals surface area contributed by atoms with Crippen molar-refractivity contribution in [2.24, 2.45) is 9.39 Å². The monoisotopic (exact) mass is 520 g/mol. The number of esters is 1. The van der Waals surface area contributed by atoms with E-state index in [1.54, 1.807) is 18.2 Å². The van der Waals surface area contributed by atoms with E-state index in [1.807, 2.05) is 6.26 Å². The first-order valence-electron chi connectivity index (χ1n) is 8.59. The van der Waals surface area contributed by atoms with Gasteiger partial charge in [-0.25, -0.2) is 9.69 Å². The van der Waals surface area contributed by atoms with Gasteiger partial charge < -0.3 is 13.9 Å². The van der Waals surface area contributed by atoms with Crippen molar-refractivity contribution in [3.8, 4) is 11.5 Å². The molecule has 0 saturated heterocycles. The average Bonchev–Trinajstić information content (AvgIpc) is 3.42. The van der Waals surface area contributed by atoms with Gasteiger partial charge in [0.1, 0.15) is 5.84 Å². The molecule has 3 heterocycles.